The number of hydrogen-bond acceptors (Lipinski definition) is 4. The first-order valence-corrected chi connectivity index (χ1v) is 11.6. The molecular formula is C24H43N3O4. The molecule has 0 aromatic carbocycles. The number of carbonyl (C=O) groups is 3. The fourth-order valence-corrected chi connectivity index (χ4v) is 4.29. The van der Waals surface area contributed by atoms with Crippen LogP contribution in [0.15, 0.2) is 11.6 Å². The standard InChI is InChI=1S/C24H43N3O4/c1-15(2)13-19(25-22(28)20-11-9-10-12-27(20)17(5)6)23(29)26(8)21(16(3)4)14-18(7)24(30)31/h14-17,19-21H,9-13H2,1-8H3,(H,25,28)(H,30,31)/b18-14+. The fourth-order valence-electron chi connectivity index (χ4n) is 4.29. The number of nitrogens with one attached hydrogen (secondary N) is 1. The average Bonchev–Trinajstić information content (AvgIpc) is 2.69. The maximum Gasteiger partial charge on any atom is 0.331 e. The van der Waals surface area contributed by atoms with E-state index in [1.165, 1.54) is 6.92 Å². The predicted octanol–water partition coefficient (Wildman–Crippen LogP) is 3.29. The van der Waals surface area contributed by atoms with Crippen LogP contribution in [-0.4, -0.2) is 70.4 Å². The van der Waals surface area contributed by atoms with Crippen LogP contribution in [0.4, 0.5) is 0 Å². The molecule has 3 atom stereocenters. The molecule has 1 saturated heterocycles. The quantitative estimate of drug-likeness (QED) is 0.512. The van der Waals surface area contributed by atoms with Crippen molar-refractivity contribution in [1.82, 2.24) is 15.1 Å². The van der Waals surface area contributed by atoms with Crippen molar-refractivity contribution in [3.8, 4) is 0 Å². The summed E-state index contributed by atoms with van der Waals surface area (Å²) in [5.74, 6) is -0.997. The van der Waals surface area contributed by atoms with E-state index in [-0.39, 0.29) is 47.3 Å². The van der Waals surface area contributed by atoms with Gasteiger partial charge in [0.25, 0.3) is 0 Å². The average molecular weight is 438 g/mol. The fraction of sp³-hybridized carbons (Fsp3) is 0.792. The number of carboxylic acids is 1. The Labute approximate surface area is 188 Å². The molecule has 178 valence electrons. The molecule has 2 N–H and O–H groups in total. The highest BCUT2D eigenvalue weighted by Crippen LogP contribution is 2.21. The number of aliphatic carboxylic acids is 1. The number of carbonyl (C=O) groups excluding carboxylic acids is 2. The van der Waals surface area contributed by atoms with Crippen molar-refractivity contribution in [3.05, 3.63) is 11.6 Å². The Morgan fingerprint density at radius 3 is 2.23 bits per heavy atom. The van der Waals surface area contributed by atoms with Gasteiger partial charge in [0, 0.05) is 18.7 Å². The summed E-state index contributed by atoms with van der Waals surface area (Å²) in [5.41, 5.74) is 0.206. The number of likely N-dealkylation sites (N-methyl/N-ethyl adjacent to an activating group) is 1. The molecule has 0 radical (unpaired) electrons. The zero-order chi connectivity index (χ0) is 23.9. The number of piperidine rings is 1. The minimum Gasteiger partial charge on any atom is -0.478 e. The predicted molar refractivity (Wildman–Crippen MR) is 124 cm³/mol. The highest BCUT2D eigenvalue weighted by molar-refractivity contribution is 5.90. The molecule has 1 fully saturated rings. The van der Waals surface area contributed by atoms with Crippen molar-refractivity contribution in [3.63, 3.8) is 0 Å². The Morgan fingerprint density at radius 1 is 1.13 bits per heavy atom. The first-order chi connectivity index (χ1) is 14.4. The molecule has 0 saturated carbocycles. The zero-order valence-corrected chi connectivity index (χ0v) is 20.6. The summed E-state index contributed by atoms with van der Waals surface area (Å²) in [7, 11) is 1.69. The van der Waals surface area contributed by atoms with E-state index in [1.54, 1.807) is 18.0 Å². The van der Waals surface area contributed by atoms with E-state index in [1.807, 2.05) is 27.7 Å². The van der Waals surface area contributed by atoms with Crippen LogP contribution in [-0.2, 0) is 14.4 Å². The van der Waals surface area contributed by atoms with Crippen molar-refractivity contribution in [2.45, 2.75) is 98.3 Å². The molecule has 3 unspecified atom stereocenters. The molecule has 0 spiro atoms. The van der Waals surface area contributed by atoms with Gasteiger partial charge in [0.2, 0.25) is 11.8 Å². The molecule has 7 heteroatoms. The number of carboxylic acid groups (broad SMARTS) is 1. The van der Waals surface area contributed by atoms with Crippen LogP contribution in [0.1, 0.15) is 74.1 Å². The summed E-state index contributed by atoms with van der Waals surface area (Å²) in [6.45, 7) is 14.6. The third-order valence-corrected chi connectivity index (χ3v) is 6.07. The van der Waals surface area contributed by atoms with Gasteiger partial charge >= 0.3 is 5.97 Å². The maximum atomic E-state index is 13.4. The lowest BCUT2D eigenvalue weighted by atomic mass is 9.96. The first-order valence-electron chi connectivity index (χ1n) is 11.6. The Morgan fingerprint density at radius 2 is 1.74 bits per heavy atom. The summed E-state index contributed by atoms with van der Waals surface area (Å²) < 4.78 is 0. The molecule has 2 amide bonds. The normalized spacial score (nSPS) is 20.1. The Hall–Kier alpha value is -1.89. The van der Waals surface area contributed by atoms with E-state index >= 15 is 0 Å². The smallest absolute Gasteiger partial charge is 0.331 e. The lowest BCUT2D eigenvalue weighted by molar-refractivity contribution is -0.139. The molecule has 1 rings (SSSR count). The van der Waals surface area contributed by atoms with Crippen molar-refractivity contribution in [1.29, 1.82) is 0 Å². The Kier molecular flexibility index (Phi) is 10.7. The van der Waals surface area contributed by atoms with Crippen LogP contribution in [0.25, 0.3) is 0 Å². The van der Waals surface area contributed by atoms with Crippen LogP contribution >= 0.6 is 0 Å². The number of rotatable bonds is 10. The second kappa shape index (κ2) is 12.2. The molecule has 0 bridgehead atoms. The van der Waals surface area contributed by atoms with E-state index in [0.29, 0.717) is 6.42 Å². The van der Waals surface area contributed by atoms with E-state index in [0.717, 1.165) is 25.8 Å². The van der Waals surface area contributed by atoms with Gasteiger partial charge in [-0.25, -0.2) is 4.79 Å². The molecule has 7 nitrogen and oxygen atoms in total. The number of hydrogen-bond donors (Lipinski definition) is 2. The van der Waals surface area contributed by atoms with Crippen molar-refractivity contribution in [2.24, 2.45) is 11.8 Å². The number of nitrogens with zero attached hydrogens (tertiary/aromatic N) is 2. The third-order valence-electron chi connectivity index (χ3n) is 6.07. The molecular weight excluding hydrogens is 394 g/mol. The van der Waals surface area contributed by atoms with Crippen molar-refractivity contribution < 1.29 is 19.5 Å². The molecule has 31 heavy (non-hydrogen) atoms. The SMILES string of the molecule is C/C(=C\C(C(C)C)N(C)C(=O)C(CC(C)C)NC(=O)C1CCCCN1C(C)C)C(=O)O. The number of amides is 2. The van der Waals surface area contributed by atoms with Crippen molar-refractivity contribution in [2.75, 3.05) is 13.6 Å². The van der Waals surface area contributed by atoms with Crippen LogP contribution in [0.5, 0.6) is 0 Å². The minimum absolute atomic E-state index is 0.0356. The Balaban J connectivity index is 3.08. The topological polar surface area (TPSA) is 90.0 Å². The number of likely N-dealkylation sites (tertiary alicyclic amines) is 1. The van der Waals surface area contributed by atoms with Crippen LogP contribution in [0.3, 0.4) is 0 Å². The van der Waals surface area contributed by atoms with Gasteiger partial charge in [-0.05, 0) is 58.4 Å². The summed E-state index contributed by atoms with van der Waals surface area (Å²) in [6, 6.07) is -0.936. The van der Waals surface area contributed by atoms with Crippen molar-refractivity contribution >= 4 is 17.8 Å². The van der Waals surface area contributed by atoms with Gasteiger partial charge in [-0.15, -0.1) is 0 Å². The summed E-state index contributed by atoms with van der Waals surface area (Å²) in [5, 5.41) is 12.3. The van der Waals surface area contributed by atoms with Gasteiger partial charge in [0.05, 0.1) is 12.1 Å². The van der Waals surface area contributed by atoms with Gasteiger partial charge in [0.1, 0.15) is 6.04 Å². The maximum absolute atomic E-state index is 13.4. The van der Waals surface area contributed by atoms with Gasteiger partial charge in [-0.2, -0.15) is 0 Å². The zero-order valence-electron chi connectivity index (χ0n) is 20.6. The largest absolute Gasteiger partial charge is 0.478 e. The molecule has 1 aliphatic heterocycles. The molecule has 1 aliphatic rings. The van der Waals surface area contributed by atoms with E-state index in [4.69, 9.17) is 0 Å². The molecule has 1 heterocycles. The van der Waals surface area contributed by atoms with E-state index < -0.39 is 12.0 Å². The van der Waals surface area contributed by atoms with E-state index in [2.05, 4.69) is 24.1 Å². The van der Waals surface area contributed by atoms with Gasteiger partial charge in [-0.1, -0.05) is 40.2 Å². The summed E-state index contributed by atoms with van der Waals surface area (Å²) in [4.78, 5) is 41.7. The highest BCUT2D eigenvalue weighted by Gasteiger charge is 2.35. The lowest BCUT2D eigenvalue weighted by Gasteiger charge is -2.39. The highest BCUT2D eigenvalue weighted by atomic mass is 16.4. The van der Waals surface area contributed by atoms with E-state index in [9.17, 15) is 19.5 Å². The third kappa shape index (κ3) is 7.95. The van der Waals surface area contributed by atoms with Gasteiger partial charge in [-0.3, -0.25) is 14.5 Å². The summed E-state index contributed by atoms with van der Waals surface area (Å²) >= 11 is 0. The van der Waals surface area contributed by atoms with Gasteiger partial charge in [0.15, 0.2) is 0 Å². The van der Waals surface area contributed by atoms with Crippen LogP contribution in [0, 0.1) is 11.8 Å². The monoisotopic (exact) mass is 437 g/mol. The second-order valence-electron chi connectivity index (χ2n) is 9.87. The lowest BCUT2D eigenvalue weighted by Crippen LogP contribution is -2.57. The Bertz CT molecular complexity index is 657. The second-order valence-corrected chi connectivity index (χ2v) is 9.87. The summed E-state index contributed by atoms with van der Waals surface area (Å²) in [6.07, 6.45) is 5.07. The van der Waals surface area contributed by atoms with Crippen LogP contribution < -0.4 is 5.32 Å². The molecule has 0 aliphatic carbocycles. The first kappa shape index (κ1) is 27.1. The minimum atomic E-state index is -0.996. The molecule has 0 aromatic heterocycles. The van der Waals surface area contributed by atoms with Gasteiger partial charge < -0.3 is 15.3 Å². The van der Waals surface area contributed by atoms with Crippen LogP contribution in [0.2, 0.25) is 0 Å². The molecule has 0 aromatic rings.